The van der Waals surface area contributed by atoms with E-state index in [-0.39, 0.29) is 37.4 Å². The van der Waals surface area contributed by atoms with Crippen LogP contribution >= 0.6 is 0 Å². The van der Waals surface area contributed by atoms with Crippen molar-refractivity contribution in [2.24, 2.45) is 0 Å². The minimum absolute atomic E-state index is 0.153. The molecule has 140 valence electrons. The van der Waals surface area contributed by atoms with Gasteiger partial charge in [0.2, 0.25) is 0 Å². The third-order valence-corrected chi connectivity index (χ3v) is 4.55. The van der Waals surface area contributed by atoms with Gasteiger partial charge in [-0.05, 0) is 43.9 Å². The molecule has 1 heterocycles. The first kappa shape index (κ1) is 19.7. The van der Waals surface area contributed by atoms with Crippen molar-refractivity contribution in [3.63, 3.8) is 0 Å². The number of rotatable bonds is 5. The van der Waals surface area contributed by atoms with Crippen LogP contribution in [0.5, 0.6) is 0 Å². The molecule has 1 N–H and O–H groups in total. The van der Waals surface area contributed by atoms with Crippen molar-refractivity contribution in [1.82, 2.24) is 4.90 Å². The van der Waals surface area contributed by atoms with Gasteiger partial charge in [0.15, 0.2) is 0 Å². The number of carbonyl (C=O) groups excluding carboxylic acids is 1. The lowest BCUT2D eigenvalue weighted by atomic mass is 9.83. The Kier molecular flexibility index (Phi) is 6.11. The zero-order chi connectivity index (χ0) is 18.7. The van der Waals surface area contributed by atoms with Crippen LogP contribution < -0.4 is 0 Å². The van der Waals surface area contributed by atoms with E-state index in [1.54, 1.807) is 11.8 Å². The van der Waals surface area contributed by atoms with Crippen molar-refractivity contribution in [2.75, 3.05) is 19.7 Å². The van der Waals surface area contributed by atoms with Gasteiger partial charge in [-0.15, -0.1) is 0 Å². The number of hydrogen-bond acceptors (Lipinski definition) is 3. The van der Waals surface area contributed by atoms with Gasteiger partial charge in [0.05, 0.1) is 11.2 Å². The topological polar surface area (TPSA) is 49.8 Å². The third-order valence-electron chi connectivity index (χ3n) is 4.55. The number of halogens is 3. The maximum Gasteiger partial charge on any atom is 0.416 e. The standard InChI is InChI=1S/C18H24F3NO3/c1-3-11-25-13(2)16(23)22-9-7-17(24,8-10-22)14-5-4-6-15(12-14)18(19,20)21/h4-6,12-13,24H,3,7-11H2,1-2H3/t13-/m1/s1. The van der Waals surface area contributed by atoms with E-state index < -0.39 is 23.4 Å². The molecule has 0 saturated carbocycles. The van der Waals surface area contributed by atoms with Crippen molar-refractivity contribution in [3.05, 3.63) is 35.4 Å². The fraction of sp³-hybridized carbons (Fsp3) is 0.611. The summed E-state index contributed by atoms with van der Waals surface area (Å²) in [6, 6.07) is 4.77. The molecule has 4 nitrogen and oxygen atoms in total. The summed E-state index contributed by atoms with van der Waals surface area (Å²) in [7, 11) is 0. The Morgan fingerprint density at radius 2 is 2.00 bits per heavy atom. The normalized spacial score (nSPS) is 18.9. The number of aliphatic hydroxyl groups is 1. The van der Waals surface area contributed by atoms with E-state index in [1.165, 1.54) is 12.1 Å². The summed E-state index contributed by atoms with van der Waals surface area (Å²) in [4.78, 5) is 13.9. The van der Waals surface area contributed by atoms with Crippen molar-refractivity contribution in [1.29, 1.82) is 0 Å². The first-order chi connectivity index (χ1) is 11.7. The van der Waals surface area contributed by atoms with Gasteiger partial charge in [0.1, 0.15) is 6.10 Å². The van der Waals surface area contributed by atoms with Crippen molar-refractivity contribution >= 4 is 5.91 Å². The molecule has 0 radical (unpaired) electrons. The van der Waals surface area contributed by atoms with Crippen LogP contribution in [0, 0.1) is 0 Å². The molecule has 1 aliphatic heterocycles. The molecule has 1 aromatic rings. The fourth-order valence-corrected chi connectivity index (χ4v) is 2.99. The summed E-state index contributed by atoms with van der Waals surface area (Å²) in [5, 5.41) is 10.8. The van der Waals surface area contributed by atoms with E-state index in [1.807, 2.05) is 6.92 Å². The Morgan fingerprint density at radius 1 is 1.36 bits per heavy atom. The van der Waals surface area contributed by atoms with Gasteiger partial charge >= 0.3 is 6.18 Å². The molecular formula is C18H24F3NO3. The average Bonchev–Trinajstić information content (AvgIpc) is 2.59. The van der Waals surface area contributed by atoms with Gasteiger partial charge in [-0.25, -0.2) is 0 Å². The van der Waals surface area contributed by atoms with Crippen molar-refractivity contribution in [3.8, 4) is 0 Å². The van der Waals surface area contributed by atoms with Crippen LogP contribution in [0.3, 0.4) is 0 Å². The molecule has 1 saturated heterocycles. The minimum atomic E-state index is -4.45. The largest absolute Gasteiger partial charge is 0.416 e. The van der Waals surface area contributed by atoms with Gasteiger partial charge in [-0.2, -0.15) is 13.2 Å². The molecule has 0 bridgehead atoms. The van der Waals surface area contributed by atoms with E-state index in [4.69, 9.17) is 4.74 Å². The smallest absolute Gasteiger partial charge is 0.385 e. The molecule has 1 aromatic carbocycles. The van der Waals surface area contributed by atoms with Gasteiger partial charge in [-0.3, -0.25) is 4.79 Å². The maximum absolute atomic E-state index is 12.9. The summed E-state index contributed by atoms with van der Waals surface area (Å²) >= 11 is 0. The number of carbonyl (C=O) groups is 1. The number of piperidine rings is 1. The molecule has 0 spiro atoms. The Balaban J connectivity index is 2.04. The van der Waals surface area contributed by atoms with Crippen molar-refractivity contribution in [2.45, 2.75) is 51.0 Å². The van der Waals surface area contributed by atoms with Gasteiger partial charge in [-0.1, -0.05) is 19.1 Å². The maximum atomic E-state index is 12.9. The highest BCUT2D eigenvalue weighted by molar-refractivity contribution is 5.80. The fourth-order valence-electron chi connectivity index (χ4n) is 2.99. The number of alkyl halides is 3. The van der Waals surface area contributed by atoms with E-state index in [0.717, 1.165) is 18.6 Å². The Hall–Kier alpha value is -1.60. The Labute approximate surface area is 145 Å². The molecule has 25 heavy (non-hydrogen) atoms. The van der Waals surface area contributed by atoms with Crippen LogP contribution in [0.2, 0.25) is 0 Å². The lowest BCUT2D eigenvalue weighted by Gasteiger charge is -2.39. The number of benzene rings is 1. The second kappa shape index (κ2) is 7.74. The van der Waals surface area contributed by atoms with Crippen LogP contribution in [-0.2, 0) is 21.3 Å². The summed E-state index contributed by atoms with van der Waals surface area (Å²) in [6.07, 6.45) is -3.80. The molecule has 1 aliphatic rings. The van der Waals surface area contributed by atoms with Gasteiger partial charge in [0.25, 0.3) is 5.91 Å². The van der Waals surface area contributed by atoms with Crippen LogP contribution in [0.4, 0.5) is 13.2 Å². The predicted octanol–water partition coefficient (Wildman–Crippen LogP) is 3.33. The van der Waals surface area contributed by atoms with E-state index >= 15 is 0 Å². The molecule has 1 amide bonds. The zero-order valence-electron chi connectivity index (χ0n) is 14.5. The molecule has 1 atom stereocenters. The molecule has 0 unspecified atom stereocenters. The minimum Gasteiger partial charge on any atom is -0.385 e. The van der Waals surface area contributed by atoms with E-state index in [2.05, 4.69) is 0 Å². The number of amides is 1. The third kappa shape index (κ3) is 4.73. The first-order valence-corrected chi connectivity index (χ1v) is 8.48. The monoisotopic (exact) mass is 359 g/mol. The molecule has 7 heteroatoms. The highest BCUT2D eigenvalue weighted by atomic mass is 19.4. The number of hydrogen-bond donors (Lipinski definition) is 1. The van der Waals surface area contributed by atoms with Gasteiger partial charge < -0.3 is 14.7 Å². The Bertz CT molecular complexity index is 595. The molecule has 0 aliphatic carbocycles. The summed E-state index contributed by atoms with van der Waals surface area (Å²) in [6.45, 7) is 4.70. The first-order valence-electron chi connectivity index (χ1n) is 8.48. The molecular weight excluding hydrogens is 335 g/mol. The zero-order valence-corrected chi connectivity index (χ0v) is 14.5. The lowest BCUT2D eigenvalue weighted by molar-refractivity contribution is -0.147. The average molecular weight is 359 g/mol. The van der Waals surface area contributed by atoms with Crippen LogP contribution in [0.15, 0.2) is 24.3 Å². The second-order valence-corrected chi connectivity index (χ2v) is 6.45. The number of ether oxygens (including phenoxy) is 1. The summed E-state index contributed by atoms with van der Waals surface area (Å²) < 4.78 is 44.0. The van der Waals surface area contributed by atoms with E-state index in [9.17, 15) is 23.1 Å². The van der Waals surface area contributed by atoms with Crippen LogP contribution in [0.25, 0.3) is 0 Å². The summed E-state index contributed by atoms with van der Waals surface area (Å²) in [5.74, 6) is -0.153. The van der Waals surface area contributed by atoms with Crippen molar-refractivity contribution < 1.29 is 27.8 Å². The molecule has 1 fully saturated rings. The highest BCUT2D eigenvalue weighted by Gasteiger charge is 2.38. The number of nitrogens with zero attached hydrogens (tertiary/aromatic N) is 1. The SMILES string of the molecule is CCCO[C@H](C)C(=O)N1CCC(O)(c2cccc(C(F)(F)F)c2)CC1. The van der Waals surface area contributed by atoms with E-state index in [0.29, 0.717) is 6.61 Å². The quantitative estimate of drug-likeness (QED) is 0.877. The highest BCUT2D eigenvalue weighted by Crippen LogP contribution is 2.36. The van der Waals surface area contributed by atoms with Gasteiger partial charge in [0, 0.05) is 19.7 Å². The van der Waals surface area contributed by atoms with Crippen LogP contribution in [0.1, 0.15) is 44.2 Å². The Morgan fingerprint density at radius 3 is 2.56 bits per heavy atom. The molecule has 0 aromatic heterocycles. The lowest BCUT2D eigenvalue weighted by Crippen LogP contribution is -2.48. The second-order valence-electron chi connectivity index (χ2n) is 6.45. The molecule has 2 rings (SSSR count). The summed E-state index contributed by atoms with van der Waals surface area (Å²) in [5.41, 5.74) is -1.89. The predicted molar refractivity (Wildman–Crippen MR) is 86.9 cm³/mol. The number of likely N-dealkylation sites (tertiary alicyclic amines) is 1. The van der Waals surface area contributed by atoms with Crippen LogP contribution in [-0.4, -0.2) is 41.7 Å².